The molecule has 0 saturated carbocycles. The van der Waals surface area contributed by atoms with Gasteiger partial charge in [-0.2, -0.15) is 5.26 Å². The van der Waals surface area contributed by atoms with Crippen LogP contribution in [-0.2, 0) is 0 Å². The van der Waals surface area contributed by atoms with E-state index in [2.05, 4.69) is 4.98 Å². The van der Waals surface area contributed by atoms with Crippen LogP contribution < -0.4 is 4.90 Å². The van der Waals surface area contributed by atoms with Gasteiger partial charge in [-0.15, -0.1) is 0 Å². The molecule has 0 aliphatic rings. The van der Waals surface area contributed by atoms with E-state index in [1.54, 1.807) is 18.7 Å². The van der Waals surface area contributed by atoms with Crippen molar-refractivity contribution in [3.05, 3.63) is 27.9 Å². The summed E-state index contributed by atoms with van der Waals surface area (Å²) in [5.41, 5.74) is -1.10. The quantitative estimate of drug-likeness (QED) is 0.637. The Hall–Kier alpha value is -2.20. The summed E-state index contributed by atoms with van der Waals surface area (Å²) in [6, 6.07) is 3.01. The molecule has 1 N–H and O–H groups in total. The van der Waals surface area contributed by atoms with Gasteiger partial charge >= 0.3 is 5.69 Å². The average Bonchev–Trinajstić information content (AvgIpc) is 2.34. The second-order valence-corrected chi connectivity index (χ2v) is 4.76. The Labute approximate surface area is 111 Å². The number of nitriles is 1. The number of rotatable bonds is 5. The lowest BCUT2D eigenvalue weighted by molar-refractivity contribution is -0.384. The zero-order valence-corrected chi connectivity index (χ0v) is 11.1. The van der Waals surface area contributed by atoms with Crippen LogP contribution >= 0.6 is 0 Å². The molecule has 0 atom stereocenters. The number of nitrogens with zero attached hydrogens (tertiary/aromatic N) is 4. The number of pyridine rings is 1. The van der Waals surface area contributed by atoms with Crippen molar-refractivity contribution in [3.8, 4) is 6.07 Å². The number of aliphatic hydroxyl groups is 1. The molecule has 0 spiro atoms. The van der Waals surface area contributed by atoms with E-state index in [9.17, 15) is 15.2 Å². The van der Waals surface area contributed by atoms with Crippen LogP contribution in [0.5, 0.6) is 0 Å². The van der Waals surface area contributed by atoms with Crippen molar-refractivity contribution < 1.29 is 10.0 Å². The normalized spacial score (nSPS) is 10.9. The van der Waals surface area contributed by atoms with Crippen LogP contribution in [0.4, 0.5) is 11.5 Å². The molecule has 1 heterocycles. The standard InChI is InChI=1S/C12H16N4O3/c1-4-15(8-12(2,3)17)11-10(16(18)19)5-9(6-13)7-14-11/h5,7,17H,4,8H2,1-3H3. The molecule has 7 heteroatoms. The van der Waals surface area contributed by atoms with Crippen molar-refractivity contribution in [2.45, 2.75) is 26.4 Å². The van der Waals surface area contributed by atoms with E-state index in [1.165, 1.54) is 12.3 Å². The highest BCUT2D eigenvalue weighted by Crippen LogP contribution is 2.27. The molecule has 0 radical (unpaired) electrons. The molecular formula is C12H16N4O3. The van der Waals surface area contributed by atoms with Crippen LogP contribution in [0.25, 0.3) is 0 Å². The third-order valence-corrected chi connectivity index (χ3v) is 2.43. The molecule has 0 aliphatic carbocycles. The molecule has 0 fully saturated rings. The fraction of sp³-hybridized carbons (Fsp3) is 0.500. The second-order valence-electron chi connectivity index (χ2n) is 4.76. The molecule has 19 heavy (non-hydrogen) atoms. The van der Waals surface area contributed by atoms with Crippen LogP contribution in [-0.4, -0.2) is 33.7 Å². The van der Waals surface area contributed by atoms with Crippen molar-refractivity contribution in [1.29, 1.82) is 5.26 Å². The zero-order chi connectivity index (χ0) is 14.6. The summed E-state index contributed by atoms with van der Waals surface area (Å²) in [5.74, 6) is 0.161. The SMILES string of the molecule is CCN(CC(C)(C)O)c1ncc(C#N)cc1[N+](=O)[O-]. The highest BCUT2D eigenvalue weighted by Gasteiger charge is 2.25. The molecule has 0 saturated heterocycles. The summed E-state index contributed by atoms with van der Waals surface area (Å²) in [6.45, 7) is 5.72. The van der Waals surface area contributed by atoms with Gasteiger partial charge in [0.2, 0.25) is 5.82 Å². The van der Waals surface area contributed by atoms with Gasteiger partial charge in [-0.1, -0.05) is 0 Å². The summed E-state index contributed by atoms with van der Waals surface area (Å²) in [4.78, 5) is 16.1. The smallest absolute Gasteiger partial charge is 0.312 e. The lowest BCUT2D eigenvalue weighted by Crippen LogP contribution is -2.39. The van der Waals surface area contributed by atoms with E-state index in [0.717, 1.165) is 0 Å². The monoisotopic (exact) mass is 264 g/mol. The van der Waals surface area contributed by atoms with Gasteiger partial charge in [0.1, 0.15) is 6.07 Å². The fourth-order valence-electron chi connectivity index (χ4n) is 1.69. The summed E-state index contributed by atoms with van der Waals surface area (Å²) in [5, 5.41) is 29.6. The average molecular weight is 264 g/mol. The van der Waals surface area contributed by atoms with Gasteiger partial charge in [0.15, 0.2) is 0 Å². The molecule has 7 nitrogen and oxygen atoms in total. The van der Waals surface area contributed by atoms with E-state index in [-0.39, 0.29) is 23.6 Å². The van der Waals surface area contributed by atoms with Gasteiger partial charge in [0.05, 0.1) is 16.1 Å². The molecule has 1 rings (SSSR count). The van der Waals surface area contributed by atoms with Crippen LogP contribution in [0.15, 0.2) is 12.3 Å². The summed E-state index contributed by atoms with van der Waals surface area (Å²) in [7, 11) is 0. The van der Waals surface area contributed by atoms with E-state index >= 15 is 0 Å². The third-order valence-electron chi connectivity index (χ3n) is 2.43. The fourth-order valence-corrected chi connectivity index (χ4v) is 1.69. The maximum absolute atomic E-state index is 11.0. The largest absolute Gasteiger partial charge is 0.389 e. The lowest BCUT2D eigenvalue weighted by atomic mass is 10.1. The summed E-state index contributed by atoms with van der Waals surface area (Å²) < 4.78 is 0. The van der Waals surface area contributed by atoms with E-state index < -0.39 is 10.5 Å². The van der Waals surface area contributed by atoms with Gasteiger partial charge in [-0.25, -0.2) is 4.98 Å². The number of hydrogen-bond donors (Lipinski definition) is 1. The van der Waals surface area contributed by atoms with Crippen molar-refractivity contribution in [2.75, 3.05) is 18.0 Å². The van der Waals surface area contributed by atoms with E-state index in [0.29, 0.717) is 6.54 Å². The zero-order valence-electron chi connectivity index (χ0n) is 11.1. The summed E-state index contributed by atoms with van der Waals surface area (Å²) in [6.07, 6.45) is 1.29. The molecular weight excluding hydrogens is 248 g/mol. The van der Waals surface area contributed by atoms with Crippen LogP contribution in [0.1, 0.15) is 26.3 Å². The molecule has 1 aromatic heterocycles. The van der Waals surface area contributed by atoms with Gasteiger partial charge in [-0.3, -0.25) is 10.1 Å². The highest BCUT2D eigenvalue weighted by atomic mass is 16.6. The Morgan fingerprint density at radius 2 is 2.26 bits per heavy atom. The highest BCUT2D eigenvalue weighted by molar-refractivity contribution is 5.60. The number of hydrogen-bond acceptors (Lipinski definition) is 6. The Balaban J connectivity index is 3.24. The van der Waals surface area contributed by atoms with Gasteiger partial charge in [-0.05, 0) is 20.8 Å². The van der Waals surface area contributed by atoms with Crippen molar-refractivity contribution in [2.24, 2.45) is 0 Å². The maximum atomic E-state index is 11.0. The lowest BCUT2D eigenvalue weighted by Gasteiger charge is -2.28. The predicted molar refractivity (Wildman–Crippen MR) is 69.8 cm³/mol. The number of nitro groups is 1. The summed E-state index contributed by atoms with van der Waals surface area (Å²) >= 11 is 0. The molecule has 0 aliphatic heterocycles. The molecule has 1 aromatic rings. The Kier molecular flexibility index (Phi) is 4.40. The van der Waals surface area contributed by atoms with Crippen molar-refractivity contribution >= 4 is 11.5 Å². The minimum atomic E-state index is -1.00. The number of likely N-dealkylation sites (N-methyl/N-ethyl adjacent to an activating group) is 1. The van der Waals surface area contributed by atoms with Gasteiger partial charge in [0.25, 0.3) is 0 Å². The predicted octanol–water partition coefficient (Wildman–Crippen LogP) is 1.46. The molecule has 0 bridgehead atoms. The maximum Gasteiger partial charge on any atom is 0.312 e. The molecule has 0 amide bonds. The van der Waals surface area contributed by atoms with Gasteiger partial charge < -0.3 is 10.0 Å². The number of anilines is 1. The Bertz CT molecular complexity index is 517. The molecule has 0 unspecified atom stereocenters. The second kappa shape index (κ2) is 5.63. The first kappa shape index (κ1) is 14.9. The van der Waals surface area contributed by atoms with Gasteiger partial charge in [0, 0.05) is 25.4 Å². The van der Waals surface area contributed by atoms with Crippen LogP contribution in [0.2, 0.25) is 0 Å². The van der Waals surface area contributed by atoms with Crippen LogP contribution in [0.3, 0.4) is 0 Å². The first-order valence-corrected chi connectivity index (χ1v) is 5.80. The third kappa shape index (κ3) is 3.89. The van der Waals surface area contributed by atoms with Crippen molar-refractivity contribution in [3.63, 3.8) is 0 Å². The molecule has 0 aromatic carbocycles. The first-order valence-electron chi connectivity index (χ1n) is 5.80. The first-order chi connectivity index (χ1) is 8.78. The minimum absolute atomic E-state index is 0.134. The Morgan fingerprint density at radius 1 is 1.63 bits per heavy atom. The minimum Gasteiger partial charge on any atom is -0.389 e. The van der Waals surface area contributed by atoms with E-state index in [1.807, 2.05) is 13.0 Å². The van der Waals surface area contributed by atoms with E-state index in [4.69, 9.17) is 5.26 Å². The van der Waals surface area contributed by atoms with Crippen molar-refractivity contribution in [1.82, 2.24) is 4.98 Å². The van der Waals surface area contributed by atoms with Crippen LogP contribution in [0, 0.1) is 21.4 Å². The Morgan fingerprint density at radius 3 is 2.68 bits per heavy atom. The molecule has 102 valence electrons. The number of aromatic nitrogens is 1. The topological polar surface area (TPSA) is 103 Å².